The van der Waals surface area contributed by atoms with Crippen molar-refractivity contribution in [1.82, 2.24) is 0 Å². The topological polar surface area (TPSA) is 432 Å². The van der Waals surface area contributed by atoms with Crippen LogP contribution in [0.3, 0.4) is 0 Å². The lowest BCUT2D eigenvalue weighted by atomic mass is 15.9. The van der Waals surface area contributed by atoms with E-state index in [0.717, 1.165) is 0 Å². The van der Waals surface area contributed by atoms with Crippen molar-refractivity contribution in [3.8, 4) is 0 Å². The second-order valence-corrected chi connectivity index (χ2v) is 2.41. The van der Waals surface area contributed by atoms with Gasteiger partial charge in [-0.3, -0.25) is 4.55 Å². The van der Waals surface area contributed by atoms with Crippen LogP contribution in [0.1, 0.15) is 0 Å². The highest BCUT2D eigenvalue weighted by molar-refractivity contribution is 8.09. The van der Waals surface area contributed by atoms with Gasteiger partial charge in [0, 0.05) is 28.0 Å². The maximum Gasteiger partial charge on any atom is 0.353 e. The van der Waals surface area contributed by atoms with Crippen LogP contribution in [-0.2, 0) is 9.33 Å². The smallest absolute Gasteiger partial charge is 0.353 e. The zero-order valence-electron chi connectivity index (χ0n) is 8.63. The summed E-state index contributed by atoms with van der Waals surface area (Å²) in [5.41, 5.74) is 0. The molecule has 0 aromatic rings. The predicted molar refractivity (Wildman–Crippen MR) is 66.5 cm³/mol. The zero-order valence-corrected chi connectivity index (χ0v) is 11.4. The zero-order chi connectivity index (χ0) is 4.50. The normalized spacial score (nSPS) is 3.22. The summed E-state index contributed by atoms with van der Waals surface area (Å²) < 4.78 is 25.2. The minimum absolute atomic E-state index is 0. The third-order valence-electron chi connectivity index (χ3n) is 0. The Morgan fingerprint density at radius 2 is 0.556 bits per heavy atom. The van der Waals surface area contributed by atoms with Crippen molar-refractivity contribution in [2.45, 2.75) is 0 Å². The van der Waals surface area contributed by atoms with Crippen LogP contribution in [0, 0.1) is 0 Å². The SMILES string of the molecule is O.O.O.O.O.O.O.O.O.O.O.O.O=S(=O)(O)Cl.[Al]. The van der Waals surface area contributed by atoms with Gasteiger partial charge in [-0.05, 0) is 0 Å². The molecule has 0 saturated carbocycles. The minimum atomic E-state index is -4.19. The summed E-state index contributed by atoms with van der Waals surface area (Å²) in [6, 6.07) is 0. The maximum atomic E-state index is 8.95. The molecule has 0 aliphatic heterocycles. The van der Waals surface area contributed by atoms with E-state index < -0.39 is 9.33 Å². The lowest BCUT2D eigenvalue weighted by molar-refractivity contribution is 0.501. The lowest BCUT2D eigenvalue weighted by Crippen LogP contribution is -1.77. The van der Waals surface area contributed by atoms with E-state index in [1.165, 1.54) is 0 Å². The summed E-state index contributed by atoms with van der Waals surface area (Å²) in [5, 5.41) is 0. The fourth-order valence-electron chi connectivity index (χ4n) is 0. The molecule has 18 heavy (non-hydrogen) atoms. The molecular formula is H25AlClO15S. The molecule has 0 rings (SSSR count). The van der Waals surface area contributed by atoms with Gasteiger partial charge in [0.15, 0.2) is 0 Å². The van der Waals surface area contributed by atoms with Crippen molar-refractivity contribution in [3.63, 3.8) is 0 Å². The van der Waals surface area contributed by atoms with Crippen LogP contribution in [0.15, 0.2) is 0 Å². The van der Waals surface area contributed by atoms with E-state index in [0.29, 0.717) is 0 Å². The van der Waals surface area contributed by atoms with Gasteiger partial charge in [-0.1, -0.05) is 0 Å². The Kier molecular flexibility index (Phi) is 1950. The van der Waals surface area contributed by atoms with Crippen molar-refractivity contribution in [1.29, 1.82) is 0 Å². The number of halogens is 1. The fourth-order valence-corrected chi connectivity index (χ4v) is 0. The summed E-state index contributed by atoms with van der Waals surface area (Å²) in [6.45, 7) is 0. The second-order valence-electron chi connectivity index (χ2n) is 0.412. The van der Waals surface area contributed by atoms with Crippen LogP contribution in [0.4, 0.5) is 0 Å². The largest absolute Gasteiger partial charge is 0.412 e. The molecule has 0 amide bonds. The van der Waals surface area contributed by atoms with E-state index in [2.05, 4.69) is 10.7 Å². The number of hydrogen-bond acceptors (Lipinski definition) is 2. The summed E-state index contributed by atoms with van der Waals surface area (Å²) in [6.07, 6.45) is 0. The highest BCUT2D eigenvalue weighted by Gasteiger charge is 1.86. The van der Waals surface area contributed by atoms with E-state index in [-0.39, 0.29) is 83.1 Å². The Balaban J connectivity index is -0.00000000103. The Morgan fingerprint density at radius 3 is 0.556 bits per heavy atom. The Hall–Kier alpha value is 0.252. The van der Waals surface area contributed by atoms with Gasteiger partial charge >= 0.3 is 9.33 Å². The molecule has 0 aliphatic carbocycles. The third kappa shape index (κ3) is 59300. The van der Waals surface area contributed by atoms with Gasteiger partial charge in [0.05, 0.1) is 0 Å². The Bertz CT molecular complexity index is 99.7. The average molecular weight is 360 g/mol. The van der Waals surface area contributed by atoms with Gasteiger partial charge < -0.3 is 65.7 Å². The van der Waals surface area contributed by atoms with Crippen LogP contribution in [0.25, 0.3) is 0 Å². The van der Waals surface area contributed by atoms with Crippen molar-refractivity contribution in [3.05, 3.63) is 0 Å². The molecule has 0 fully saturated rings. The summed E-state index contributed by atoms with van der Waals surface area (Å²) in [7, 11) is -0.137. The molecule has 0 aliphatic rings. The number of hydrogen-bond donors (Lipinski definition) is 1. The first-order valence-electron chi connectivity index (χ1n) is 0.670. The lowest BCUT2D eigenvalue weighted by Gasteiger charge is -1.65. The maximum absolute atomic E-state index is 8.95. The molecule has 15 nitrogen and oxygen atoms in total. The molecule has 25 N–H and O–H groups in total. The molecule has 131 valence electrons. The molecular weight excluding hydrogens is 334 g/mol. The predicted octanol–water partition coefficient (Wildman–Crippen LogP) is -10.2. The number of rotatable bonds is 0. The fraction of sp³-hybridized carbons (Fsp3) is 0. The van der Waals surface area contributed by atoms with Crippen LogP contribution in [-0.4, -0.2) is 96.0 Å². The van der Waals surface area contributed by atoms with Crippen molar-refractivity contribution in [2.75, 3.05) is 0 Å². The van der Waals surface area contributed by atoms with Crippen LogP contribution >= 0.6 is 10.7 Å². The Morgan fingerprint density at radius 1 is 0.556 bits per heavy atom. The van der Waals surface area contributed by atoms with E-state index >= 15 is 0 Å². The first-order chi connectivity index (χ1) is 2.00. The van der Waals surface area contributed by atoms with Crippen LogP contribution in [0.2, 0.25) is 0 Å². The highest BCUT2D eigenvalue weighted by Crippen LogP contribution is 1.82. The minimum Gasteiger partial charge on any atom is -0.412 e. The first kappa shape index (κ1) is 300. The quantitative estimate of drug-likeness (QED) is 0.250. The van der Waals surface area contributed by atoms with Gasteiger partial charge in [0.25, 0.3) is 0 Å². The molecule has 0 heterocycles. The van der Waals surface area contributed by atoms with E-state index in [9.17, 15) is 0 Å². The van der Waals surface area contributed by atoms with E-state index in [1.54, 1.807) is 0 Å². The highest BCUT2D eigenvalue weighted by atomic mass is 35.7. The van der Waals surface area contributed by atoms with Crippen LogP contribution in [0.5, 0.6) is 0 Å². The van der Waals surface area contributed by atoms with Gasteiger partial charge in [-0.2, -0.15) is 8.42 Å². The van der Waals surface area contributed by atoms with Crippen molar-refractivity contribution >= 4 is 37.4 Å². The van der Waals surface area contributed by atoms with Gasteiger partial charge in [-0.15, -0.1) is 0 Å². The monoisotopic (exact) mass is 359 g/mol. The molecule has 0 atom stereocenters. The second kappa shape index (κ2) is 117. The molecule has 0 unspecified atom stereocenters. The standard InChI is InChI=1S/Al.ClHO3S.12H2O/c;1-5(2,3)4;;;;;;;;;;;;/h;(H,2,3,4);12*1H2. The first-order valence-corrected chi connectivity index (χ1v) is 2.94. The summed E-state index contributed by atoms with van der Waals surface area (Å²) in [4.78, 5) is 0. The Labute approximate surface area is 116 Å². The average Bonchev–Trinajstić information content (AvgIpc) is 0.722. The molecule has 0 spiro atoms. The summed E-state index contributed by atoms with van der Waals surface area (Å²) in [5.74, 6) is 0. The third-order valence-corrected chi connectivity index (χ3v) is 0. The van der Waals surface area contributed by atoms with Crippen molar-refractivity contribution < 1.29 is 78.7 Å². The van der Waals surface area contributed by atoms with Crippen molar-refractivity contribution in [2.24, 2.45) is 0 Å². The molecule has 0 aromatic carbocycles. The van der Waals surface area contributed by atoms with E-state index in [4.69, 9.17) is 13.0 Å². The van der Waals surface area contributed by atoms with E-state index in [1.807, 2.05) is 0 Å². The molecule has 0 saturated heterocycles. The molecule has 0 aromatic heterocycles. The van der Waals surface area contributed by atoms with Gasteiger partial charge in [0.1, 0.15) is 0 Å². The summed E-state index contributed by atoms with van der Waals surface area (Å²) >= 11 is 0. The van der Waals surface area contributed by atoms with Gasteiger partial charge in [0.2, 0.25) is 0 Å². The van der Waals surface area contributed by atoms with Gasteiger partial charge in [-0.25, -0.2) is 0 Å². The van der Waals surface area contributed by atoms with Crippen LogP contribution < -0.4 is 0 Å². The molecule has 0 bridgehead atoms. The molecule has 18 heteroatoms. The molecule has 3 radical (unpaired) electrons.